The third-order valence-electron chi connectivity index (χ3n) is 15.1. The highest BCUT2D eigenvalue weighted by molar-refractivity contribution is 5.76. The number of unbranched alkanes of at least 4 members (excludes halogenated alkanes) is 47. The Morgan fingerprint density at radius 3 is 1.04 bits per heavy atom. The van der Waals surface area contributed by atoms with Crippen LogP contribution in [0.2, 0.25) is 0 Å². The molecule has 0 bridgehead atoms. The second-order valence-corrected chi connectivity index (χ2v) is 22.1. The first-order chi connectivity index (χ1) is 34.5. The first-order valence-corrected chi connectivity index (χ1v) is 31.9. The second kappa shape index (κ2) is 60.2. The number of carbonyl (C=O) groups excluding carboxylic acids is 2. The molecule has 0 spiro atoms. The third-order valence-corrected chi connectivity index (χ3v) is 15.1. The van der Waals surface area contributed by atoms with Gasteiger partial charge in [0, 0.05) is 12.8 Å². The van der Waals surface area contributed by atoms with E-state index < -0.39 is 12.1 Å². The van der Waals surface area contributed by atoms with Gasteiger partial charge in [-0.1, -0.05) is 309 Å². The molecule has 2 unspecified atom stereocenters. The molecule has 0 fully saturated rings. The summed E-state index contributed by atoms with van der Waals surface area (Å²) in [4.78, 5) is 24.5. The van der Waals surface area contributed by atoms with Crippen LogP contribution in [0.1, 0.15) is 361 Å². The molecule has 0 rings (SSSR count). The van der Waals surface area contributed by atoms with Crippen molar-refractivity contribution in [2.24, 2.45) is 0 Å². The molecule has 0 aliphatic carbocycles. The number of aliphatic hydroxyl groups is 2. The van der Waals surface area contributed by atoms with Gasteiger partial charge in [0.25, 0.3) is 0 Å². The summed E-state index contributed by atoms with van der Waals surface area (Å²) in [7, 11) is 0. The molecular weight excluding hydrogens is 863 g/mol. The average molecular weight is 989 g/mol. The Kier molecular flexibility index (Phi) is 59.0. The van der Waals surface area contributed by atoms with Gasteiger partial charge in [-0.25, -0.2) is 0 Å². The van der Waals surface area contributed by atoms with Crippen LogP contribution in [0.15, 0.2) is 12.2 Å². The van der Waals surface area contributed by atoms with Gasteiger partial charge in [0.15, 0.2) is 0 Å². The maximum atomic E-state index is 12.4. The van der Waals surface area contributed by atoms with E-state index in [1.807, 2.05) is 0 Å². The molecule has 2 atom stereocenters. The Hall–Kier alpha value is -1.40. The Labute approximate surface area is 438 Å². The molecule has 0 saturated heterocycles. The molecule has 3 N–H and O–H groups in total. The van der Waals surface area contributed by atoms with Crippen LogP contribution in [-0.2, 0) is 14.3 Å². The van der Waals surface area contributed by atoms with E-state index in [0.717, 1.165) is 44.9 Å². The maximum Gasteiger partial charge on any atom is 0.305 e. The van der Waals surface area contributed by atoms with E-state index in [1.54, 1.807) is 0 Å². The van der Waals surface area contributed by atoms with Crippen LogP contribution in [0.25, 0.3) is 0 Å². The summed E-state index contributed by atoms with van der Waals surface area (Å²) in [6.45, 7) is 4.94. The summed E-state index contributed by atoms with van der Waals surface area (Å²) in [5.41, 5.74) is 0. The van der Waals surface area contributed by atoms with Gasteiger partial charge in [-0.2, -0.15) is 0 Å². The van der Waals surface area contributed by atoms with Crippen LogP contribution < -0.4 is 5.32 Å². The summed E-state index contributed by atoms with van der Waals surface area (Å²) in [5, 5.41) is 23.2. The highest BCUT2D eigenvalue weighted by atomic mass is 16.5. The topological polar surface area (TPSA) is 95.9 Å². The number of amides is 1. The summed E-state index contributed by atoms with van der Waals surface area (Å²) in [6.07, 6.45) is 72.5. The fourth-order valence-corrected chi connectivity index (χ4v) is 10.2. The predicted molar refractivity (Wildman–Crippen MR) is 306 cm³/mol. The minimum Gasteiger partial charge on any atom is -0.466 e. The van der Waals surface area contributed by atoms with E-state index in [-0.39, 0.29) is 18.5 Å². The van der Waals surface area contributed by atoms with Gasteiger partial charge in [0.1, 0.15) is 0 Å². The number of carbonyl (C=O) groups is 2. The molecule has 0 saturated carbocycles. The van der Waals surface area contributed by atoms with E-state index in [0.29, 0.717) is 25.9 Å². The molecule has 0 aliphatic heterocycles. The highest BCUT2D eigenvalue weighted by Crippen LogP contribution is 2.18. The molecule has 6 heteroatoms. The van der Waals surface area contributed by atoms with Crippen LogP contribution in [0.5, 0.6) is 0 Å². The van der Waals surface area contributed by atoms with Crippen LogP contribution in [0.4, 0.5) is 0 Å². The molecule has 0 aromatic rings. The lowest BCUT2D eigenvalue weighted by molar-refractivity contribution is -0.143. The van der Waals surface area contributed by atoms with E-state index >= 15 is 0 Å². The molecule has 0 radical (unpaired) electrons. The molecule has 0 heterocycles. The number of allylic oxidation sites excluding steroid dienone is 2. The van der Waals surface area contributed by atoms with Gasteiger partial charge in [-0.3, -0.25) is 9.59 Å². The van der Waals surface area contributed by atoms with Crippen molar-refractivity contribution < 1.29 is 24.5 Å². The van der Waals surface area contributed by atoms with Crippen molar-refractivity contribution >= 4 is 11.9 Å². The largest absolute Gasteiger partial charge is 0.466 e. The monoisotopic (exact) mass is 988 g/mol. The van der Waals surface area contributed by atoms with Crippen LogP contribution >= 0.6 is 0 Å². The summed E-state index contributed by atoms with van der Waals surface area (Å²) in [5.74, 6) is -0.0200. The number of nitrogens with one attached hydrogen (secondary N) is 1. The zero-order valence-corrected chi connectivity index (χ0v) is 47.5. The number of rotatable bonds is 60. The van der Waals surface area contributed by atoms with Crippen molar-refractivity contribution in [1.82, 2.24) is 5.32 Å². The molecular formula is C64H125NO5. The standard InChI is InChI=1S/C64H125NO5/c1-3-5-7-9-11-13-15-38-42-46-50-54-58-64(69)70-59-55-51-47-43-39-35-33-31-29-27-25-23-21-19-17-16-18-20-22-24-26-28-30-32-34-37-41-45-49-53-57-63(68)65-61(60-66)62(67)56-52-48-44-40-36-14-12-10-8-6-4-2/h11,13,61-62,66-67H,3-10,12,14-60H2,1-2H3,(H,65,68)/b13-11-. The summed E-state index contributed by atoms with van der Waals surface area (Å²) >= 11 is 0. The van der Waals surface area contributed by atoms with E-state index in [9.17, 15) is 19.8 Å². The Morgan fingerprint density at radius 2 is 0.671 bits per heavy atom. The Balaban J connectivity index is 3.30. The average Bonchev–Trinajstić information content (AvgIpc) is 3.36. The van der Waals surface area contributed by atoms with E-state index in [4.69, 9.17) is 4.74 Å². The number of esters is 1. The molecule has 1 amide bonds. The zero-order valence-electron chi connectivity index (χ0n) is 47.5. The van der Waals surface area contributed by atoms with Crippen LogP contribution in [0.3, 0.4) is 0 Å². The van der Waals surface area contributed by atoms with Gasteiger partial charge in [-0.15, -0.1) is 0 Å². The van der Waals surface area contributed by atoms with E-state index in [1.165, 1.54) is 283 Å². The lowest BCUT2D eigenvalue weighted by atomic mass is 10.0. The van der Waals surface area contributed by atoms with Crippen molar-refractivity contribution in [3.05, 3.63) is 12.2 Å². The molecule has 0 aliphatic rings. The summed E-state index contributed by atoms with van der Waals surface area (Å²) < 4.78 is 5.47. The van der Waals surface area contributed by atoms with Crippen LogP contribution in [-0.4, -0.2) is 47.4 Å². The number of aliphatic hydroxyl groups excluding tert-OH is 2. The molecule has 6 nitrogen and oxygen atoms in total. The lowest BCUT2D eigenvalue weighted by Crippen LogP contribution is -2.45. The Bertz CT molecular complexity index is 1050. The maximum absolute atomic E-state index is 12.4. The smallest absolute Gasteiger partial charge is 0.305 e. The van der Waals surface area contributed by atoms with Crippen molar-refractivity contribution in [2.45, 2.75) is 373 Å². The van der Waals surface area contributed by atoms with Crippen LogP contribution in [0, 0.1) is 0 Å². The first-order valence-electron chi connectivity index (χ1n) is 31.9. The SMILES string of the molecule is CCCCC/C=C\CCCCCCCC(=O)OCCCCCCCCCCCCCCCCCCCCCCCCCCCCCCCCC(=O)NC(CO)C(O)CCCCCCCCCCCCC. The molecule has 0 aromatic heterocycles. The second-order valence-electron chi connectivity index (χ2n) is 22.1. The van der Waals surface area contributed by atoms with Crippen molar-refractivity contribution in [3.8, 4) is 0 Å². The zero-order chi connectivity index (χ0) is 50.7. The predicted octanol–water partition coefficient (Wildman–Crippen LogP) is 20.0. The minimum atomic E-state index is -0.659. The Morgan fingerprint density at radius 1 is 0.386 bits per heavy atom. The van der Waals surface area contributed by atoms with E-state index in [2.05, 4.69) is 31.3 Å². The fraction of sp³-hybridized carbons (Fsp3) is 0.938. The lowest BCUT2D eigenvalue weighted by Gasteiger charge is -2.22. The molecule has 70 heavy (non-hydrogen) atoms. The van der Waals surface area contributed by atoms with Crippen molar-refractivity contribution in [2.75, 3.05) is 13.2 Å². The number of ether oxygens (including phenoxy) is 1. The molecule has 0 aromatic carbocycles. The van der Waals surface area contributed by atoms with Gasteiger partial charge >= 0.3 is 5.97 Å². The minimum absolute atomic E-state index is 0.0104. The summed E-state index contributed by atoms with van der Waals surface area (Å²) in [6, 6.07) is -0.536. The number of hydrogen-bond acceptors (Lipinski definition) is 5. The highest BCUT2D eigenvalue weighted by Gasteiger charge is 2.20. The van der Waals surface area contributed by atoms with Crippen molar-refractivity contribution in [1.29, 1.82) is 0 Å². The number of hydrogen-bond donors (Lipinski definition) is 3. The first kappa shape index (κ1) is 68.6. The van der Waals surface area contributed by atoms with Gasteiger partial charge in [-0.05, 0) is 51.4 Å². The molecule has 416 valence electrons. The fourth-order valence-electron chi connectivity index (χ4n) is 10.2. The van der Waals surface area contributed by atoms with Gasteiger partial charge in [0.05, 0.1) is 25.4 Å². The van der Waals surface area contributed by atoms with Gasteiger partial charge < -0.3 is 20.3 Å². The third kappa shape index (κ3) is 55.9. The normalized spacial score (nSPS) is 12.6. The van der Waals surface area contributed by atoms with Gasteiger partial charge in [0.2, 0.25) is 5.91 Å². The quantitative estimate of drug-likeness (QED) is 0.0321. The van der Waals surface area contributed by atoms with Crippen molar-refractivity contribution in [3.63, 3.8) is 0 Å².